The SMILES string of the molecule is CC1(C)CCC(C)(C)c2cc(-c3cccc(N4CCC(CCN)(CCCCCCO)CC4)n3)ccc21. The van der Waals surface area contributed by atoms with Gasteiger partial charge in [0.15, 0.2) is 0 Å². The van der Waals surface area contributed by atoms with E-state index in [1.54, 1.807) is 0 Å². The minimum atomic E-state index is 0.204. The van der Waals surface area contributed by atoms with Crippen LogP contribution in [0.4, 0.5) is 5.82 Å². The van der Waals surface area contributed by atoms with Crippen LogP contribution >= 0.6 is 0 Å². The molecule has 3 N–H and O–H groups in total. The zero-order chi connectivity index (χ0) is 25.8. The van der Waals surface area contributed by atoms with E-state index in [1.807, 2.05) is 0 Å². The van der Waals surface area contributed by atoms with Gasteiger partial charge in [-0.25, -0.2) is 4.98 Å². The molecule has 4 heteroatoms. The topological polar surface area (TPSA) is 62.4 Å². The monoisotopic (exact) mass is 491 g/mol. The van der Waals surface area contributed by atoms with E-state index in [1.165, 1.54) is 61.6 Å². The normalized spacial score (nSPS) is 20.2. The van der Waals surface area contributed by atoms with Gasteiger partial charge < -0.3 is 15.7 Å². The minimum Gasteiger partial charge on any atom is -0.396 e. The van der Waals surface area contributed by atoms with E-state index in [0.29, 0.717) is 12.0 Å². The number of piperidine rings is 1. The molecule has 4 nitrogen and oxygen atoms in total. The molecule has 4 rings (SSSR count). The highest BCUT2D eigenvalue weighted by Crippen LogP contribution is 2.47. The summed E-state index contributed by atoms with van der Waals surface area (Å²) in [6.07, 6.45) is 11.8. The van der Waals surface area contributed by atoms with Crippen molar-refractivity contribution >= 4 is 5.82 Å². The Morgan fingerprint density at radius 3 is 2.22 bits per heavy atom. The van der Waals surface area contributed by atoms with E-state index in [4.69, 9.17) is 15.8 Å². The maximum atomic E-state index is 9.05. The standard InChI is InChI=1S/C32H49N3O/c1-30(2)15-16-31(3,4)27-24-25(12-13-26(27)30)28-10-9-11-29(34-28)35-21-18-32(17-20-33,19-22-35)14-7-5-6-8-23-36/h9-13,24,36H,5-8,14-23,33H2,1-4H3. The molecule has 2 aliphatic rings. The summed E-state index contributed by atoms with van der Waals surface area (Å²) in [5.41, 5.74) is 12.2. The Labute approximate surface area is 219 Å². The fraction of sp³-hybridized carbons (Fsp3) is 0.656. The third-order valence-electron chi connectivity index (χ3n) is 9.32. The summed E-state index contributed by atoms with van der Waals surface area (Å²) in [5, 5.41) is 9.05. The predicted molar refractivity (Wildman–Crippen MR) is 153 cm³/mol. The lowest BCUT2D eigenvalue weighted by molar-refractivity contribution is 0.178. The van der Waals surface area contributed by atoms with Gasteiger partial charge in [-0.15, -0.1) is 0 Å². The smallest absolute Gasteiger partial charge is 0.129 e. The molecule has 1 aliphatic carbocycles. The first-order valence-corrected chi connectivity index (χ1v) is 14.4. The molecule has 0 atom stereocenters. The number of hydrogen-bond acceptors (Lipinski definition) is 4. The minimum absolute atomic E-state index is 0.204. The van der Waals surface area contributed by atoms with Crippen LogP contribution in [0, 0.1) is 5.41 Å². The number of aromatic nitrogens is 1. The summed E-state index contributed by atoms with van der Waals surface area (Å²) >= 11 is 0. The van der Waals surface area contributed by atoms with Gasteiger partial charge in [-0.05, 0) is 97.1 Å². The lowest BCUT2D eigenvalue weighted by Crippen LogP contribution is -2.41. The average molecular weight is 492 g/mol. The molecule has 198 valence electrons. The Morgan fingerprint density at radius 2 is 1.53 bits per heavy atom. The number of rotatable bonds is 10. The van der Waals surface area contributed by atoms with Crippen LogP contribution in [0.5, 0.6) is 0 Å². The molecule has 1 aliphatic heterocycles. The second kappa shape index (κ2) is 11.2. The molecule has 0 unspecified atom stereocenters. The van der Waals surface area contributed by atoms with Crippen molar-refractivity contribution < 1.29 is 5.11 Å². The lowest BCUT2D eigenvalue weighted by atomic mass is 9.63. The first kappa shape index (κ1) is 27.1. The maximum Gasteiger partial charge on any atom is 0.129 e. The number of aliphatic hydroxyl groups excluding tert-OH is 1. The predicted octanol–water partition coefficient (Wildman–Crippen LogP) is 6.98. The molecule has 2 heterocycles. The van der Waals surface area contributed by atoms with E-state index >= 15 is 0 Å². The molecular formula is C32H49N3O. The van der Waals surface area contributed by atoms with E-state index in [2.05, 4.69) is 69.0 Å². The highest BCUT2D eigenvalue weighted by molar-refractivity contribution is 5.65. The van der Waals surface area contributed by atoms with Gasteiger partial charge in [0, 0.05) is 25.3 Å². The highest BCUT2D eigenvalue weighted by Gasteiger charge is 2.37. The summed E-state index contributed by atoms with van der Waals surface area (Å²) < 4.78 is 0. The molecular weight excluding hydrogens is 442 g/mol. The van der Waals surface area contributed by atoms with E-state index in [-0.39, 0.29) is 10.8 Å². The molecule has 2 aromatic rings. The van der Waals surface area contributed by atoms with Crippen molar-refractivity contribution in [3.05, 3.63) is 47.5 Å². The van der Waals surface area contributed by atoms with Crippen molar-refractivity contribution in [1.82, 2.24) is 4.98 Å². The summed E-state index contributed by atoms with van der Waals surface area (Å²) in [7, 11) is 0. The Bertz CT molecular complexity index is 1000. The first-order valence-electron chi connectivity index (χ1n) is 14.4. The molecule has 0 amide bonds. The third kappa shape index (κ3) is 5.97. The number of anilines is 1. The number of aliphatic hydroxyl groups is 1. The maximum absolute atomic E-state index is 9.05. The molecule has 1 saturated heterocycles. The van der Waals surface area contributed by atoms with Gasteiger partial charge in [0.05, 0.1) is 5.69 Å². The van der Waals surface area contributed by atoms with Crippen molar-refractivity contribution in [3.8, 4) is 11.3 Å². The highest BCUT2D eigenvalue weighted by atomic mass is 16.2. The summed E-state index contributed by atoms with van der Waals surface area (Å²) in [6, 6.07) is 13.6. The van der Waals surface area contributed by atoms with E-state index in [9.17, 15) is 0 Å². The van der Waals surface area contributed by atoms with E-state index in [0.717, 1.165) is 50.4 Å². The Balaban J connectivity index is 1.48. The quantitative estimate of drug-likeness (QED) is 0.352. The second-order valence-corrected chi connectivity index (χ2v) is 12.8. The molecule has 0 saturated carbocycles. The summed E-state index contributed by atoms with van der Waals surface area (Å²) in [5.74, 6) is 1.11. The van der Waals surface area contributed by atoms with E-state index < -0.39 is 0 Å². The van der Waals surface area contributed by atoms with Gasteiger partial charge in [0.25, 0.3) is 0 Å². The second-order valence-electron chi connectivity index (χ2n) is 12.8. The molecule has 0 spiro atoms. The Hall–Kier alpha value is -1.91. The van der Waals surface area contributed by atoms with Crippen LogP contribution in [0.2, 0.25) is 0 Å². The van der Waals surface area contributed by atoms with Crippen molar-refractivity contribution in [3.63, 3.8) is 0 Å². The number of pyridine rings is 1. The van der Waals surface area contributed by atoms with Gasteiger partial charge in [-0.3, -0.25) is 0 Å². The third-order valence-corrected chi connectivity index (χ3v) is 9.32. The van der Waals surface area contributed by atoms with Gasteiger partial charge in [0.2, 0.25) is 0 Å². The van der Waals surface area contributed by atoms with Crippen molar-refractivity contribution in [1.29, 1.82) is 0 Å². The fourth-order valence-electron chi connectivity index (χ4n) is 6.61. The number of unbranched alkanes of at least 4 members (excludes halogenated alkanes) is 3. The molecule has 0 bridgehead atoms. The van der Waals surface area contributed by atoms with Crippen molar-refractivity contribution in [2.24, 2.45) is 11.1 Å². The van der Waals surface area contributed by atoms with Gasteiger partial charge >= 0.3 is 0 Å². The zero-order valence-corrected chi connectivity index (χ0v) is 23.3. The molecule has 1 aromatic heterocycles. The van der Waals surface area contributed by atoms with Crippen LogP contribution in [0.25, 0.3) is 11.3 Å². The molecule has 0 radical (unpaired) electrons. The lowest BCUT2D eigenvalue weighted by Gasteiger charge is -2.43. The van der Waals surface area contributed by atoms with Crippen LogP contribution in [0.1, 0.15) is 103 Å². The van der Waals surface area contributed by atoms with Gasteiger partial charge in [-0.1, -0.05) is 65.2 Å². The average Bonchev–Trinajstić information content (AvgIpc) is 2.87. The van der Waals surface area contributed by atoms with Crippen molar-refractivity contribution in [2.45, 2.75) is 103 Å². The Kier molecular flexibility index (Phi) is 8.46. The Morgan fingerprint density at radius 1 is 0.833 bits per heavy atom. The zero-order valence-electron chi connectivity index (χ0n) is 23.3. The molecule has 36 heavy (non-hydrogen) atoms. The van der Waals surface area contributed by atoms with Gasteiger partial charge in [0.1, 0.15) is 5.82 Å². The summed E-state index contributed by atoms with van der Waals surface area (Å²) in [6.45, 7) is 12.7. The van der Waals surface area contributed by atoms with Crippen molar-refractivity contribution in [2.75, 3.05) is 31.1 Å². The number of hydrogen-bond donors (Lipinski definition) is 2. The number of benzene rings is 1. The van der Waals surface area contributed by atoms with Crippen LogP contribution in [0.3, 0.4) is 0 Å². The van der Waals surface area contributed by atoms with Crippen LogP contribution in [-0.4, -0.2) is 36.3 Å². The van der Waals surface area contributed by atoms with Crippen LogP contribution in [0.15, 0.2) is 36.4 Å². The number of nitrogens with zero attached hydrogens (tertiary/aromatic N) is 2. The van der Waals surface area contributed by atoms with Crippen LogP contribution in [-0.2, 0) is 10.8 Å². The van der Waals surface area contributed by atoms with Gasteiger partial charge in [-0.2, -0.15) is 0 Å². The fourth-order valence-corrected chi connectivity index (χ4v) is 6.61. The van der Waals surface area contributed by atoms with Crippen LogP contribution < -0.4 is 10.6 Å². The molecule has 1 fully saturated rings. The number of nitrogens with two attached hydrogens (primary N) is 1. The first-order chi connectivity index (χ1) is 17.2. The number of fused-ring (bicyclic) bond motifs is 1. The summed E-state index contributed by atoms with van der Waals surface area (Å²) in [4.78, 5) is 7.65. The largest absolute Gasteiger partial charge is 0.396 e. The molecule has 1 aromatic carbocycles.